The molecule has 2 aromatic rings. The summed E-state index contributed by atoms with van der Waals surface area (Å²) in [5, 5.41) is 2.78. The summed E-state index contributed by atoms with van der Waals surface area (Å²) in [7, 11) is 0. The van der Waals surface area contributed by atoms with Crippen LogP contribution in [-0.4, -0.2) is 37.7 Å². The van der Waals surface area contributed by atoms with Gasteiger partial charge in [-0.05, 0) is 49.2 Å². The summed E-state index contributed by atoms with van der Waals surface area (Å²) in [6.07, 6.45) is 2.25. The number of nitrogens with zero attached hydrogens (tertiary/aromatic N) is 1. The summed E-state index contributed by atoms with van der Waals surface area (Å²) >= 11 is 0. The van der Waals surface area contributed by atoms with Gasteiger partial charge in [0, 0.05) is 12.2 Å². The van der Waals surface area contributed by atoms with Gasteiger partial charge < -0.3 is 14.8 Å². The van der Waals surface area contributed by atoms with Crippen molar-refractivity contribution >= 4 is 23.2 Å². The normalized spacial score (nSPS) is 19.0. The molecule has 1 fully saturated rings. The number of amides is 2. The molecule has 0 radical (unpaired) electrons. The highest BCUT2D eigenvalue weighted by molar-refractivity contribution is 6.15. The van der Waals surface area contributed by atoms with Crippen molar-refractivity contribution in [1.82, 2.24) is 0 Å². The number of para-hydroxylation sites is 2. The van der Waals surface area contributed by atoms with Crippen LogP contribution in [0.1, 0.15) is 23.2 Å². The van der Waals surface area contributed by atoms with Crippen LogP contribution >= 0.6 is 0 Å². The van der Waals surface area contributed by atoms with Crippen LogP contribution in [-0.2, 0) is 9.53 Å². The highest BCUT2D eigenvalue weighted by Crippen LogP contribution is 2.30. The third-order valence-corrected chi connectivity index (χ3v) is 4.58. The minimum atomic E-state index is -0.210. The first-order valence-electron chi connectivity index (χ1n) is 8.76. The lowest BCUT2D eigenvalue weighted by atomic mass is 10.1. The van der Waals surface area contributed by atoms with E-state index >= 15 is 0 Å². The molecule has 1 atom stereocenters. The number of anilines is 2. The summed E-state index contributed by atoms with van der Waals surface area (Å²) in [6, 6.07) is 14.3. The summed E-state index contributed by atoms with van der Waals surface area (Å²) in [5.41, 5.74) is 1.86. The molecule has 0 aliphatic carbocycles. The lowest BCUT2D eigenvalue weighted by Crippen LogP contribution is -2.42. The zero-order valence-electron chi connectivity index (χ0n) is 14.3. The Balaban J connectivity index is 1.47. The van der Waals surface area contributed by atoms with Crippen LogP contribution in [0.25, 0.3) is 0 Å². The summed E-state index contributed by atoms with van der Waals surface area (Å²) < 4.78 is 11.3. The van der Waals surface area contributed by atoms with E-state index in [-0.39, 0.29) is 24.5 Å². The molecule has 0 aromatic heterocycles. The standard InChI is InChI=1S/C20H20N2O4/c23-19-12-22(18-6-2-1-5-17(18)21-19)20(24)14-7-9-15(10-8-14)26-13-16-4-3-11-25-16/h1-2,5-10,16H,3-4,11-13H2,(H,21,23)/t16-/m0/s1. The van der Waals surface area contributed by atoms with Crippen molar-refractivity contribution in [3.8, 4) is 5.75 Å². The van der Waals surface area contributed by atoms with E-state index in [2.05, 4.69) is 5.32 Å². The Morgan fingerprint density at radius 2 is 2.00 bits per heavy atom. The number of hydrogen-bond acceptors (Lipinski definition) is 4. The largest absolute Gasteiger partial charge is 0.491 e. The van der Waals surface area contributed by atoms with Gasteiger partial charge >= 0.3 is 0 Å². The van der Waals surface area contributed by atoms with E-state index in [0.29, 0.717) is 29.3 Å². The fourth-order valence-electron chi connectivity index (χ4n) is 3.23. The molecule has 2 amide bonds. The van der Waals surface area contributed by atoms with Crippen LogP contribution < -0.4 is 15.0 Å². The van der Waals surface area contributed by atoms with Crippen molar-refractivity contribution in [3.63, 3.8) is 0 Å². The van der Waals surface area contributed by atoms with Crippen molar-refractivity contribution in [2.24, 2.45) is 0 Å². The second kappa shape index (κ2) is 7.17. The Kier molecular flexibility index (Phi) is 4.58. The van der Waals surface area contributed by atoms with Gasteiger partial charge in [-0.3, -0.25) is 14.5 Å². The van der Waals surface area contributed by atoms with Crippen molar-refractivity contribution < 1.29 is 19.1 Å². The Hall–Kier alpha value is -2.86. The Morgan fingerprint density at radius 1 is 1.19 bits per heavy atom. The molecule has 0 spiro atoms. The highest BCUT2D eigenvalue weighted by Gasteiger charge is 2.27. The van der Waals surface area contributed by atoms with Gasteiger partial charge in [-0.1, -0.05) is 12.1 Å². The topological polar surface area (TPSA) is 67.9 Å². The number of nitrogens with one attached hydrogen (secondary N) is 1. The van der Waals surface area contributed by atoms with Crippen molar-refractivity contribution in [1.29, 1.82) is 0 Å². The van der Waals surface area contributed by atoms with Gasteiger partial charge in [-0.15, -0.1) is 0 Å². The predicted octanol–water partition coefficient (Wildman–Crippen LogP) is 2.84. The molecule has 6 heteroatoms. The number of rotatable bonds is 4. The quantitative estimate of drug-likeness (QED) is 0.919. The van der Waals surface area contributed by atoms with Crippen molar-refractivity contribution in [2.75, 3.05) is 30.0 Å². The fraction of sp³-hybridized carbons (Fsp3) is 0.300. The molecule has 0 saturated carbocycles. The van der Waals surface area contributed by atoms with Crippen LogP contribution in [0.5, 0.6) is 5.75 Å². The molecule has 26 heavy (non-hydrogen) atoms. The second-order valence-electron chi connectivity index (χ2n) is 6.43. The van der Waals surface area contributed by atoms with Gasteiger partial charge in [0.15, 0.2) is 0 Å². The van der Waals surface area contributed by atoms with Crippen molar-refractivity contribution in [2.45, 2.75) is 18.9 Å². The Labute approximate surface area is 151 Å². The monoisotopic (exact) mass is 352 g/mol. The number of carbonyl (C=O) groups is 2. The third-order valence-electron chi connectivity index (χ3n) is 4.58. The van der Waals surface area contributed by atoms with E-state index < -0.39 is 0 Å². The van der Waals surface area contributed by atoms with Gasteiger partial charge in [0.25, 0.3) is 5.91 Å². The number of benzene rings is 2. The minimum absolute atomic E-state index is 0.00706. The molecular formula is C20H20N2O4. The third kappa shape index (κ3) is 3.41. The maximum absolute atomic E-state index is 12.9. The SMILES string of the molecule is O=C1CN(C(=O)c2ccc(OC[C@@H]3CCCO3)cc2)c2ccccc2N1. The first-order chi connectivity index (χ1) is 12.7. The van der Waals surface area contributed by atoms with E-state index in [4.69, 9.17) is 9.47 Å². The molecule has 2 heterocycles. The van der Waals surface area contributed by atoms with Crippen LogP contribution in [0, 0.1) is 0 Å². The maximum Gasteiger partial charge on any atom is 0.258 e. The van der Waals surface area contributed by atoms with E-state index in [1.54, 1.807) is 30.3 Å². The van der Waals surface area contributed by atoms with Crippen LogP contribution in [0.4, 0.5) is 11.4 Å². The lowest BCUT2D eigenvalue weighted by Gasteiger charge is -2.29. The second-order valence-corrected chi connectivity index (χ2v) is 6.43. The highest BCUT2D eigenvalue weighted by atomic mass is 16.5. The first kappa shape index (κ1) is 16.6. The zero-order valence-corrected chi connectivity index (χ0v) is 14.3. The van der Waals surface area contributed by atoms with E-state index in [1.165, 1.54) is 4.90 Å². The Bertz CT molecular complexity index is 813. The molecule has 1 N–H and O–H groups in total. The zero-order chi connectivity index (χ0) is 17.9. The Morgan fingerprint density at radius 3 is 2.77 bits per heavy atom. The number of ether oxygens (including phenoxy) is 2. The summed E-state index contributed by atoms with van der Waals surface area (Å²) in [6.45, 7) is 1.33. The van der Waals surface area contributed by atoms with E-state index in [1.807, 2.05) is 18.2 Å². The molecule has 4 rings (SSSR count). The first-order valence-corrected chi connectivity index (χ1v) is 8.76. The average Bonchev–Trinajstić information content (AvgIpc) is 3.19. The lowest BCUT2D eigenvalue weighted by molar-refractivity contribution is -0.115. The maximum atomic E-state index is 12.9. The van der Waals surface area contributed by atoms with Crippen LogP contribution in [0.2, 0.25) is 0 Å². The fourth-order valence-corrected chi connectivity index (χ4v) is 3.23. The smallest absolute Gasteiger partial charge is 0.258 e. The molecule has 1 saturated heterocycles. The average molecular weight is 352 g/mol. The molecule has 2 aliphatic rings. The van der Waals surface area contributed by atoms with Crippen LogP contribution in [0.3, 0.4) is 0 Å². The molecule has 0 bridgehead atoms. The van der Waals surface area contributed by atoms with Gasteiger partial charge in [0.1, 0.15) is 18.9 Å². The molecule has 2 aliphatic heterocycles. The molecular weight excluding hydrogens is 332 g/mol. The van der Waals surface area contributed by atoms with Gasteiger partial charge in [-0.25, -0.2) is 0 Å². The van der Waals surface area contributed by atoms with Gasteiger partial charge in [-0.2, -0.15) is 0 Å². The van der Waals surface area contributed by atoms with Crippen LogP contribution in [0.15, 0.2) is 48.5 Å². The van der Waals surface area contributed by atoms with Gasteiger partial charge in [0.2, 0.25) is 5.91 Å². The molecule has 2 aromatic carbocycles. The predicted molar refractivity (Wildman–Crippen MR) is 97.7 cm³/mol. The van der Waals surface area contributed by atoms with E-state index in [9.17, 15) is 9.59 Å². The minimum Gasteiger partial charge on any atom is -0.491 e. The molecule has 6 nitrogen and oxygen atoms in total. The van der Waals surface area contributed by atoms with E-state index in [0.717, 1.165) is 19.4 Å². The summed E-state index contributed by atoms with van der Waals surface area (Å²) in [4.78, 5) is 26.3. The summed E-state index contributed by atoms with van der Waals surface area (Å²) in [5.74, 6) is 0.292. The molecule has 0 unspecified atom stereocenters. The van der Waals surface area contributed by atoms with Crippen molar-refractivity contribution in [3.05, 3.63) is 54.1 Å². The number of fused-ring (bicyclic) bond motifs is 1. The molecule has 134 valence electrons. The van der Waals surface area contributed by atoms with Gasteiger partial charge in [0.05, 0.1) is 17.5 Å². The number of carbonyl (C=O) groups excluding carboxylic acids is 2. The number of hydrogen-bond donors (Lipinski definition) is 1.